The maximum atomic E-state index is 6.41. The summed E-state index contributed by atoms with van der Waals surface area (Å²) in [7, 11) is 0. The fourth-order valence-electron chi connectivity index (χ4n) is 4.37. The monoisotopic (exact) mass is 403 g/mol. The van der Waals surface area contributed by atoms with Gasteiger partial charge in [0.1, 0.15) is 12.7 Å². The van der Waals surface area contributed by atoms with Gasteiger partial charge in [0.05, 0.1) is 5.52 Å². The van der Waals surface area contributed by atoms with Crippen molar-refractivity contribution < 1.29 is 9.47 Å². The molecule has 3 heterocycles. The molecule has 1 fully saturated rings. The average Bonchev–Trinajstić information content (AvgIpc) is 2.76. The third-order valence-corrected chi connectivity index (χ3v) is 6.32. The molecule has 5 nitrogen and oxygen atoms in total. The van der Waals surface area contributed by atoms with E-state index in [1.54, 1.807) is 0 Å². The van der Waals surface area contributed by atoms with E-state index in [1.807, 2.05) is 25.1 Å². The Morgan fingerprint density at radius 3 is 2.57 bits per heavy atom. The lowest BCUT2D eigenvalue weighted by molar-refractivity contribution is 0.0587. The number of ether oxygens (including phenoxy) is 2. The van der Waals surface area contributed by atoms with Gasteiger partial charge in [-0.1, -0.05) is 6.07 Å². The SMILES string of the molecule is Cc1ccc2c3c(ccc2n1)OC[C@H](CN1CCN(c2ccc(C)c(C)c2)CC1)O3. The maximum Gasteiger partial charge on any atom is 0.171 e. The first-order valence-corrected chi connectivity index (χ1v) is 10.8. The first kappa shape index (κ1) is 19.2. The molecule has 0 N–H and O–H groups in total. The van der Waals surface area contributed by atoms with Crippen molar-refractivity contribution in [3.8, 4) is 11.5 Å². The van der Waals surface area contributed by atoms with E-state index in [0.717, 1.165) is 60.8 Å². The average molecular weight is 404 g/mol. The highest BCUT2D eigenvalue weighted by atomic mass is 16.6. The van der Waals surface area contributed by atoms with E-state index in [4.69, 9.17) is 9.47 Å². The topological polar surface area (TPSA) is 37.8 Å². The lowest BCUT2D eigenvalue weighted by Gasteiger charge is -2.38. The van der Waals surface area contributed by atoms with Gasteiger partial charge in [-0.25, -0.2) is 0 Å². The molecule has 1 aromatic heterocycles. The first-order chi connectivity index (χ1) is 14.6. The minimum absolute atomic E-state index is 0.0394. The van der Waals surface area contributed by atoms with Gasteiger partial charge >= 0.3 is 0 Å². The molecule has 0 unspecified atom stereocenters. The maximum absolute atomic E-state index is 6.41. The van der Waals surface area contributed by atoms with Gasteiger partial charge in [-0.3, -0.25) is 9.88 Å². The van der Waals surface area contributed by atoms with Crippen LogP contribution < -0.4 is 14.4 Å². The zero-order valence-electron chi connectivity index (χ0n) is 18.0. The Hall–Kier alpha value is -2.79. The fraction of sp³-hybridized carbons (Fsp3) is 0.400. The van der Waals surface area contributed by atoms with Crippen molar-refractivity contribution >= 4 is 16.6 Å². The minimum Gasteiger partial charge on any atom is -0.486 e. The lowest BCUT2D eigenvalue weighted by Crippen LogP contribution is -2.50. The van der Waals surface area contributed by atoms with E-state index < -0.39 is 0 Å². The highest BCUT2D eigenvalue weighted by Crippen LogP contribution is 2.38. The van der Waals surface area contributed by atoms with E-state index in [-0.39, 0.29) is 6.10 Å². The van der Waals surface area contributed by atoms with E-state index in [1.165, 1.54) is 16.8 Å². The standard InChI is InChI=1S/C25H29N3O2/c1-17-4-6-20(14-18(17)2)28-12-10-27(11-13-28)15-21-16-29-24-9-8-23-22(25(24)30-21)7-5-19(3)26-23/h4-9,14,21H,10-13,15-16H2,1-3H3/t21-/m0/s1. The van der Waals surface area contributed by atoms with Gasteiger partial charge in [-0.05, 0) is 68.3 Å². The molecule has 0 aliphatic carbocycles. The van der Waals surface area contributed by atoms with Crippen molar-refractivity contribution in [2.45, 2.75) is 26.9 Å². The van der Waals surface area contributed by atoms with Gasteiger partial charge in [-0.15, -0.1) is 0 Å². The zero-order chi connectivity index (χ0) is 20.7. The van der Waals surface area contributed by atoms with Gasteiger partial charge in [0, 0.05) is 49.5 Å². The number of aryl methyl sites for hydroxylation is 3. The number of nitrogens with zero attached hydrogens (tertiary/aromatic N) is 3. The molecule has 2 aliphatic rings. The minimum atomic E-state index is 0.0394. The number of hydrogen-bond acceptors (Lipinski definition) is 5. The first-order valence-electron chi connectivity index (χ1n) is 10.8. The molecule has 2 aliphatic heterocycles. The Labute approximate surface area is 178 Å². The van der Waals surface area contributed by atoms with Crippen molar-refractivity contribution in [2.24, 2.45) is 0 Å². The molecule has 5 rings (SSSR count). The number of rotatable bonds is 3. The number of fused-ring (bicyclic) bond motifs is 3. The fourth-order valence-corrected chi connectivity index (χ4v) is 4.37. The van der Waals surface area contributed by atoms with Crippen LogP contribution in [0, 0.1) is 20.8 Å². The van der Waals surface area contributed by atoms with Crippen LogP contribution >= 0.6 is 0 Å². The van der Waals surface area contributed by atoms with Crippen LogP contribution in [0.4, 0.5) is 5.69 Å². The van der Waals surface area contributed by atoms with E-state index in [0.29, 0.717) is 6.61 Å². The van der Waals surface area contributed by atoms with E-state index >= 15 is 0 Å². The van der Waals surface area contributed by atoms with Crippen LogP contribution in [0.1, 0.15) is 16.8 Å². The number of piperazine rings is 1. The van der Waals surface area contributed by atoms with Crippen molar-refractivity contribution in [1.82, 2.24) is 9.88 Å². The van der Waals surface area contributed by atoms with Crippen molar-refractivity contribution in [1.29, 1.82) is 0 Å². The molecule has 0 amide bonds. The molecular weight excluding hydrogens is 374 g/mol. The van der Waals surface area contributed by atoms with Crippen LogP contribution in [0.2, 0.25) is 0 Å². The Bertz CT molecular complexity index is 1070. The smallest absolute Gasteiger partial charge is 0.171 e. The zero-order valence-corrected chi connectivity index (χ0v) is 18.0. The summed E-state index contributed by atoms with van der Waals surface area (Å²) in [5, 5.41) is 1.03. The number of benzene rings is 2. The van der Waals surface area contributed by atoms with Crippen LogP contribution in [0.5, 0.6) is 11.5 Å². The third-order valence-electron chi connectivity index (χ3n) is 6.32. The van der Waals surface area contributed by atoms with Crippen molar-refractivity contribution in [3.63, 3.8) is 0 Å². The highest BCUT2D eigenvalue weighted by Gasteiger charge is 2.27. The van der Waals surface area contributed by atoms with Gasteiger partial charge in [0.25, 0.3) is 0 Å². The predicted molar refractivity (Wildman–Crippen MR) is 121 cm³/mol. The van der Waals surface area contributed by atoms with E-state index in [2.05, 4.69) is 52.9 Å². The molecule has 0 bridgehead atoms. The molecule has 3 aromatic rings. The molecule has 1 saturated heterocycles. The Balaban J connectivity index is 1.23. The van der Waals surface area contributed by atoms with Crippen LogP contribution in [0.25, 0.3) is 10.9 Å². The highest BCUT2D eigenvalue weighted by molar-refractivity contribution is 5.88. The molecule has 156 valence electrons. The van der Waals surface area contributed by atoms with Crippen LogP contribution in [0.3, 0.4) is 0 Å². The summed E-state index contributed by atoms with van der Waals surface area (Å²) in [6.07, 6.45) is 0.0394. The molecule has 0 spiro atoms. The second-order valence-electron chi connectivity index (χ2n) is 8.52. The van der Waals surface area contributed by atoms with Crippen LogP contribution in [-0.4, -0.2) is 55.3 Å². The van der Waals surface area contributed by atoms with Gasteiger partial charge in [0.15, 0.2) is 11.5 Å². The summed E-state index contributed by atoms with van der Waals surface area (Å²) in [5.41, 5.74) is 6.01. The molecular formula is C25H29N3O2. The molecule has 2 aromatic carbocycles. The Kier molecular flexibility index (Phi) is 4.99. The Morgan fingerprint density at radius 1 is 0.933 bits per heavy atom. The molecule has 30 heavy (non-hydrogen) atoms. The van der Waals surface area contributed by atoms with Crippen LogP contribution in [-0.2, 0) is 0 Å². The molecule has 1 atom stereocenters. The number of pyridine rings is 1. The summed E-state index contributed by atoms with van der Waals surface area (Å²) >= 11 is 0. The van der Waals surface area contributed by atoms with Crippen molar-refractivity contribution in [2.75, 3.05) is 44.2 Å². The number of hydrogen-bond donors (Lipinski definition) is 0. The normalized spacial score (nSPS) is 19.3. The van der Waals surface area contributed by atoms with E-state index in [9.17, 15) is 0 Å². The quantitative estimate of drug-likeness (QED) is 0.658. The second kappa shape index (κ2) is 7.80. The predicted octanol–water partition coefficient (Wildman–Crippen LogP) is 4.12. The molecule has 0 saturated carbocycles. The summed E-state index contributed by atoms with van der Waals surface area (Å²) in [5.74, 6) is 1.66. The lowest BCUT2D eigenvalue weighted by atomic mass is 10.1. The second-order valence-corrected chi connectivity index (χ2v) is 8.52. The van der Waals surface area contributed by atoms with Gasteiger partial charge < -0.3 is 14.4 Å². The van der Waals surface area contributed by atoms with Gasteiger partial charge in [-0.2, -0.15) is 0 Å². The third kappa shape index (κ3) is 3.70. The number of aromatic nitrogens is 1. The van der Waals surface area contributed by atoms with Crippen LogP contribution in [0.15, 0.2) is 42.5 Å². The van der Waals surface area contributed by atoms with Gasteiger partial charge in [0.2, 0.25) is 0 Å². The summed E-state index contributed by atoms with van der Waals surface area (Å²) < 4.78 is 12.4. The van der Waals surface area contributed by atoms with Crippen molar-refractivity contribution in [3.05, 3.63) is 59.3 Å². The Morgan fingerprint density at radius 2 is 1.77 bits per heavy atom. The largest absolute Gasteiger partial charge is 0.486 e. The molecule has 0 radical (unpaired) electrons. The molecule has 5 heteroatoms. The summed E-state index contributed by atoms with van der Waals surface area (Å²) in [6.45, 7) is 12.0. The summed E-state index contributed by atoms with van der Waals surface area (Å²) in [4.78, 5) is 9.60. The summed E-state index contributed by atoms with van der Waals surface area (Å²) in [6, 6.07) is 14.9. The number of anilines is 1.